The quantitative estimate of drug-likeness (QED) is 0.728. The van der Waals surface area contributed by atoms with Crippen LogP contribution in [0.4, 0.5) is 0 Å². The Bertz CT molecular complexity index is 351. The summed E-state index contributed by atoms with van der Waals surface area (Å²) in [5, 5.41) is 18.2. The van der Waals surface area contributed by atoms with Gasteiger partial charge in [0.05, 0.1) is 27.4 Å². The molecule has 0 aliphatic rings. The maximum absolute atomic E-state index is 9.65. The summed E-state index contributed by atoms with van der Waals surface area (Å²) in [4.78, 5) is 3.97. The van der Waals surface area contributed by atoms with Crippen LogP contribution in [-0.2, 0) is 0 Å². The molecule has 0 aromatic heterocycles. The van der Waals surface area contributed by atoms with Crippen LogP contribution >= 0.6 is 0 Å². The lowest BCUT2D eigenvalue weighted by Crippen LogP contribution is -1.93. The number of methoxy groups -OCH3 is 2. The van der Waals surface area contributed by atoms with Crippen LogP contribution < -0.4 is 9.47 Å². The molecule has 0 saturated carbocycles. The number of benzene rings is 1. The molecule has 0 amide bonds. The first-order chi connectivity index (χ1) is 7.72. The van der Waals surface area contributed by atoms with Crippen LogP contribution in [0.5, 0.6) is 17.2 Å². The second-order valence-electron chi connectivity index (χ2n) is 3.03. The van der Waals surface area contributed by atoms with Crippen molar-refractivity contribution in [3.63, 3.8) is 0 Å². The fraction of sp³-hybridized carbons (Fsp3) is 0.364. The number of nitrogens with zero attached hydrogens (tertiary/aromatic N) is 1. The molecule has 0 unspecified atom stereocenters. The van der Waals surface area contributed by atoms with Gasteiger partial charge in [-0.05, 0) is 17.7 Å². The van der Waals surface area contributed by atoms with Crippen molar-refractivity contribution >= 4 is 6.21 Å². The van der Waals surface area contributed by atoms with Crippen LogP contribution in [0.3, 0.4) is 0 Å². The molecule has 16 heavy (non-hydrogen) atoms. The lowest BCUT2D eigenvalue weighted by atomic mass is 10.2. The Balaban J connectivity index is 3.02. The molecule has 0 heterocycles. The Labute approximate surface area is 94.0 Å². The summed E-state index contributed by atoms with van der Waals surface area (Å²) < 4.78 is 9.99. The van der Waals surface area contributed by atoms with Gasteiger partial charge in [-0.1, -0.05) is 0 Å². The first-order valence-corrected chi connectivity index (χ1v) is 4.78. The van der Waals surface area contributed by atoms with Crippen molar-refractivity contribution in [2.75, 3.05) is 27.4 Å². The molecule has 0 atom stereocenters. The summed E-state index contributed by atoms with van der Waals surface area (Å²) in [6.45, 7) is 0.342. The molecule has 2 N–H and O–H groups in total. The molecule has 0 spiro atoms. The van der Waals surface area contributed by atoms with Crippen molar-refractivity contribution in [3.8, 4) is 17.2 Å². The third-order valence-electron chi connectivity index (χ3n) is 1.97. The Morgan fingerprint density at radius 2 is 1.81 bits per heavy atom. The molecule has 0 saturated heterocycles. The number of aliphatic hydroxyl groups is 1. The van der Waals surface area contributed by atoms with E-state index >= 15 is 0 Å². The third kappa shape index (κ3) is 2.87. The van der Waals surface area contributed by atoms with Gasteiger partial charge in [-0.3, -0.25) is 4.99 Å². The van der Waals surface area contributed by atoms with Crippen molar-refractivity contribution in [1.29, 1.82) is 0 Å². The van der Waals surface area contributed by atoms with E-state index in [2.05, 4.69) is 4.99 Å². The predicted octanol–water partition coefficient (Wildman–Crippen LogP) is 0.821. The number of aliphatic hydroxyl groups excluding tert-OH is 1. The van der Waals surface area contributed by atoms with Gasteiger partial charge in [0.15, 0.2) is 11.5 Å². The monoisotopic (exact) mass is 225 g/mol. The second-order valence-corrected chi connectivity index (χ2v) is 3.03. The largest absolute Gasteiger partial charge is 0.502 e. The number of phenolic OH excluding ortho intramolecular Hbond substituents is 1. The van der Waals surface area contributed by atoms with Crippen LogP contribution in [0.15, 0.2) is 17.1 Å². The topological polar surface area (TPSA) is 71.3 Å². The number of hydrogen-bond acceptors (Lipinski definition) is 5. The smallest absolute Gasteiger partial charge is 0.200 e. The molecular weight excluding hydrogens is 210 g/mol. The van der Waals surface area contributed by atoms with Gasteiger partial charge in [-0.25, -0.2) is 0 Å². The van der Waals surface area contributed by atoms with Crippen LogP contribution in [0.25, 0.3) is 0 Å². The zero-order chi connectivity index (χ0) is 12.0. The molecule has 5 heteroatoms. The van der Waals surface area contributed by atoms with Gasteiger partial charge in [-0.15, -0.1) is 0 Å². The minimum absolute atomic E-state index is 0.00283. The molecule has 1 rings (SSSR count). The SMILES string of the molecule is COc1cc(/C=N/CCO)cc(OC)c1O. The Kier molecular flexibility index (Phi) is 4.60. The van der Waals surface area contributed by atoms with Gasteiger partial charge in [0.1, 0.15) is 0 Å². The lowest BCUT2D eigenvalue weighted by Gasteiger charge is -2.09. The van der Waals surface area contributed by atoms with Crippen LogP contribution in [0.2, 0.25) is 0 Å². The first-order valence-electron chi connectivity index (χ1n) is 4.78. The van der Waals surface area contributed by atoms with Crippen LogP contribution in [-0.4, -0.2) is 43.8 Å². The number of aliphatic imine (C=N–C) groups is 1. The minimum atomic E-state index is -0.0377. The molecule has 0 aliphatic carbocycles. The van der Waals surface area contributed by atoms with E-state index in [0.717, 1.165) is 5.56 Å². The van der Waals surface area contributed by atoms with E-state index in [0.29, 0.717) is 18.0 Å². The summed E-state index contributed by atoms with van der Waals surface area (Å²) in [5.74, 6) is 0.610. The minimum Gasteiger partial charge on any atom is -0.502 e. The molecule has 0 bridgehead atoms. The van der Waals surface area contributed by atoms with Gasteiger partial charge >= 0.3 is 0 Å². The highest BCUT2D eigenvalue weighted by molar-refractivity contribution is 5.82. The lowest BCUT2D eigenvalue weighted by molar-refractivity contribution is 0.307. The van der Waals surface area contributed by atoms with Gasteiger partial charge in [-0.2, -0.15) is 0 Å². The van der Waals surface area contributed by atoms with Crippen molar-refractivity contribution < 1.29 is 19.7 Å². The Morgan fingerprint density at radius 1 is 1.25 bits per heavy atom. The molecule has 0 radical (unpaired) electrons. The molecular formula is C11H15NO4. The van der Waals surface area contributed by atoms with Gasteiger partial charge < -0.3 is 19.7 Å². The third-order valence-corrected chi connectivity index (χ3v) is 1.97. The normalized spacial score (nSPS) is 10.7. The molecule has 1 aromatic rings. The Hall–Kier alpha value is -1.75. The Morgan fingerprint density at radius 3 is 2.25 bits per heavy atom. The van der Waals surface area contributed by atoms with Gasteiger partial charge in [0.25, 0.3) is 0 Å². The zero-order valence-corrected chi connectivity index (χ0v) is 9.30. The van der Waals surface area contributed by atoms with Crippen molar-refractivity contribution in [3.05, 3.63) is 17.7 Å². The number of rotatable bonds is 5. The maximum Gasteiger partial charge on any atom is 0.200 e. The zero-order valence-electron chi connectivity index (χ0n) is 9.30. The standard InChI is InChI=1S/C11H15NO4/c1-15-9-5-8(7-12-3-4-13)6-10(16-2)11(9)14/h5-7,13-14H,3-4H2,1-2H3/b12-7+. The molecule has 0 fully saturated rings. The van der Waals surface area contributed by atoms with Gasteiger partial charge in [0, 0.05) is 6.21 Å². The van der Waals surface area contributed by atoms with Crippen molar-refractivity contribution in [2.45, 2.75) is 0 Å². The van der Waals surface area contributed by atoms with Crippen molar-refractivity contribution in [2.24, 2.45) is 4.99 Å². The molecule has 88 valence electrons. The summed E-state index contributed by atoms with van der Waals surface area (Å²) in [6, 6.07) is 3.28. The molecule has 1 aromatic carbocycles. The average Bonchev–Trinajstić information content (AvgIpc) is 2.31. The van der Waals surface area contributed by atoms with E-state index in [-0.39, 0.29) is 12.4 Å². The van der Waals surface area contributed by atoms with E-state index < -0.39 is 0 Å². The van der Waals surface area contributed by atoms with E-state index in [1.54, 1.807) is 18.3 Å². The van der Waals surface area contributed by atoms with E-state index in [1.807, 2.05) is 0 Å². The molecule has 5 nitrogen and oxygen atoms in total. The fourth-order valence-corrected chi connectivity index (χ4v) is 1.22. The van der Waals surface area contributed by atoms with Gasteiger partial charge in [0.2, 0.25) is 5.75 Å². The number of ether oxygens (including phenoxy) is 2. The predicted molar refractivity (Wildman–Crippen MR) is 60.8 cm³/mol. The average molecular weight is 225 g/mol. The molecule has 0 aliphatic heterocycles. The highest BCUT2D eigenvalue weighted by atomic mass is 16.5. The number of phenols is 1. The highest BCUT2D eigenvalue weighted by Crippen LogP contribution is 2.36. The van der Waals surface area contributed by atoms with Crippen molar-refractivity contribution in [1.82, 2.24) is 0 Å². The summed E-state index contributed by atoms with van der Waals surface area (Å²) in [5.41, 5.74) is 0.736. The summed E-state index contributed by atoms with van der Waals surface area (Å²) in [7, 11) is 2.92. The maximum atomic E-state index is 9.65. The number of aromatic hydroxyl groups is 1. The number of hydrogen-bond donors (Lipinski definition) is 2. The highest BCUT2D eigenvalue weighted by Gasteiger charge is 2.09. The van der Waals surface area contributed by atoms with E-state index in [4.69, 9.17) is 14.6 Å². The van der Waals surface area contributed by atoms with Crippen LogP contribution in [0, 0.1) is 0 Å². The second kappa shape index (κ2) is 5.97. The van der Waals surface area contributed by atoms with E-state index in [1.165, 1.54) is 14.2 Å². The fourth-order valence-electron chi connectivity index (χ4n) is 1.22. The summed E-state index contributed by atoms with van der Waals surface area (Å²) in [6.07, 6.45) is 1.58. The summed E-state index contributed by atoms with van der Waals surface area (Å²) >= 11 is 0. The first kappa shape index (κ1) is 12.3. The van der Waals surface area contributed by atoms with Crippen LogP contribution in [0.1, 0.15) is 5.56 Å². The van der Waals surface area contributed by atoms with E-state index in [9.17, 15) is 5.11 Å².